The Bertz CT molecular complexity index is 1210. The summed E-state index contributed by atoms with van der Waals surface area (Å²) >= 11 is 13.5. The van der Waals surface area contributed by atoms with Crippen molar-refractivity contribution in [3.8, 4) is 17.1 Å². The highest BCUT2D eigenvalue weighted by Gasteiger charge is 2.30. The summed E-state index contributed by atoms with van der Waals surface area (Å²) in [6, 6.07) is 13.9. The van der Waals surface area contributed by atoms with E-state index in [0.29, 0.717) is 32.3 Å². The number of alkyl halides is 3. The molecule has 4 aromatic rings. The van der Waals surface area contributed by atoms with Gasteiger partial charge < -0.3 is 0 Å². The van der Waals surface area contributed by atoms with Crippen LogP contribution in [0.2, 0.25) is 10.0 Å². The van der Waals surface area contributed by atoms with Gasteiger partial charge in [0.25, 0.3) is 0 Å². The van der Waals surface area contributed by atoms with Gasteiger partial charge in [-0.2, -0.15) is 13.2 Å². The van der Waals surface area contributed by atoms with E-state index in [2.05, 4.69) is 15.2 Å². The largest absolute Gasteiger partial charge is 0.416 e. The number of thioether (sulfide) groups is 1. The molecule has 0 radical (unpaired) electrons. The molecule has 4 rings (SSSR count). The van der Waals surface area contributed by atoms with Crippen molar-refractivity contribution in [2.75, 3.05) is 0 Å². The minimum atomic E-state index is -4.39. The van der Waals surface area contributed by atoms with E-state index in [1.807, 2.05) is 6.07 Å². The average molecular weight is 481 g/mol. The van der Waals surface area contributed by atoms with Crippen LogP contribution in [0.5, 0.6) is 0 Å². The van der Waals surface area contributed by atoms with E-state index in [1.165, 1.54) is 17.8 Å². The molecule has 0 aliphatic heterocycles. The summed E-state index contributed by atoms with van der Waals surface area (Å²) in [5, 5.41) is 9.79. The standard InChI is InChI=1S/C21H13Cl2F3N4S/c22-17-7-6-16(10-18(17)23)30-19(14-4-2-8-27-11-14)28-29-20(30)31-12-13-3-1-5-15(9-13)21(24,25)26/h1-11H,12H2. The van der Waals surface area contributed by atoms with Crippen molar-refractivity contribution in [3.63, 3.8) is 0 Å². The van der Waals surface area contributed by atoms with Crippen LogP contribution < -0.4 is 0 Å². The van der Waals surface area contributed by atoms with Crippen LogP contribution in [-0.4, -0.2) is 19.7 Å². The first-order valence-electron chi connectivity index (χ1n) is 8.93. The first-order valence-corrected chi connectivity index (χ1v) is 10.7. The molecule has 0 spiro atoms. The molecule has 10 heteroatoms. The predicted molar refractivity (Wildman–Crippen MR) is 116 cm³/mol. The number of halogens is 5. The first-order chi connectivity index (χ1) is 14.8. The summed E-state index contributed by atoms with van der Waals surface area (Å²) in [6.45, 7) is 0. The fourth-order valence-electron chi connectivity index (χ4n) is 2.89. The van der Waals surface area contributed by atoms with Gasteiger partial charge in [0, 0.05) is 23.7 Å². The molecule has 0 saturated heterocycles. The summed E-state index contributed by atoms with van der Waals surface area (Å²) in [7, 11) is 0. The Morgan fingerprint density at radius 3 is 2.48 bits per heavy atom. The fourth-order valence-corrected chi connectivity index (χ4v) is 4.07. The molecular weight excluding hydrogens is 468 g/mol. The lowest BCUT2D eigenvalue weighted by atomic mass is 10.1. The molecule has 0 aliphatic carbocycles. The molecule has 0 unspecified atom stereocenters. The molecule has 0 N–H and O–H groups in total. The molecule has 2 heterocycles. The van der Waals surface area contributed by atoms with Gasteiger partial charge in [0.1, 0.15) is 0 Å². The van der Waals surface area contributed by atoms with Gasteiger partial charge in [-0.25, -0.2) is 0 Å². The zero-order valence-electron chi connectivity index (χ0n) is 15.6. The topological polar surface area (TPSA) is 43.6 Å². The second kappa shape index (κ2) is 8.90. The van der Waals surface area contributed by atoms with Gasteiger partial charge in [0.15, 0.2) is 11.0 Å². The number of aromatic nitrogens is 4. The number of pyridine rings is 1. The zero-order valence-corrected chi connectivity index (χ0v) is 18.0. The lowest BCUT2D eigenvalue weighted by Gasteiger charge is -2.12. The van der Waals surface area contributed by atoms with Crippen LogP contribution in [0.3, 0.4) is 0 Å². The highest BCUT2D eigenvalue weighted by Crippen LogP contribution is 2.34. The van der Waals surface area contributed by atoms with Crippen molar-refractivity contribution in [1.29, 1.82) is 0 Å². The zero-order chi connectivity index (χ0) is 22.0. The second-order valence-electron chi connectivity index (χ2n) is 6.47. The van der Waals surface area contributed by atoms with E-state index in [9.17, 15) is 13.2 Å². The lowest BCUT2D eigenvalue weighted by Crippen LogP contribution is -2.05. The van der Waals surface area contributed by atoms with Crippen LogP contribution in [-0.2, 0) is 11.9 Å². The Kier molecular flexibility index (Phi) is 6.22. The summed E-state index contributed by atoms with van der Waals surface area (Å²) in [5.74, 6) is 0.800. The van der Waals surface area contributed by atoms with Gasteiger partial charge >= 0.3 is 6.18 Å². The van der Waals surface area contributed by atoms with Crippen molar-refractivity contribution in [2.24, 2.45) is 0 Å². The Hall–Kier alpha value is -2.55. The molecule has 0 amide bonds. The number of benzene rings is 2. The molecule has 0 aliphatic rings. The van der Waals surface area contributed by atoms with E-state index in [0.717, 1.165) is 17.7 Å². The normalized spacial score (nSPS) is 11.6. The van der Waals surface area contributed by atoms with E-state index in [4.69, 9.17) is 23.2 Å². The maximum absolute atomic E-state index is 13.0. The maximum atomic E-state index is 13.0. The Morgan fingerprint density at radius 1 is 0.935 bits per heavy atom. The first kappa shape index (κ1) is 21.7. The van der Waals surface area contributed by atoms with Gasteiger partial charge in [0.05, 0.1) is 21.3 Å². The van der Waals surface area contributed by atoms with Gasteiger partial charge in [-0.1, -0.05) is 53.2 Å². The van der Waals surface area contributed by atoms with Gasteiger partial charge in [-0.15, -0.1) is 10.2 Å². The van der Waals surface area contributed by atoms with Gasteiger partial charge in [-0.3, -0.25) is 9.55 Å². The summed E-state index contributed by atoms with van der Waals surface area (Å²) < 4.78 is 40.8. The van der Waals surface area contributed by atoms with E-state index in [1.54, 1.807) is 47.3 Å². The third-order valence-corrected chi connectivity index (χ3v) is 6.08. The molecule has 0 atom stereocenters. The molecule has 0 bridgehead atoms. The Labute approximate surface area is 190 Å². The molecule has 158 valence electrons. The quantitative estimate of drug-likeness (QED) is 0.290. The number of rotatable bonds is 5. The highest BCUT2D eigenvalue weighted by molar-refractivity contribution is 7.98. The Balaban J connectivity index is 1.71. The lowest BCUT2D eigenvalue weighted by molar-refractivity contribution is -0.137. The minimum Gasteiger partial charge on any atom is -0.270 e. The third kappa shape index (κ3) is 4.87. The summed E-state index contributed by atoms with van der Waals surface area (Å²) in [5.41, 5.74) is 1.23. The van der Waals surface area contributed by atoms with Crippen LogP contribution in [0.4, 0.5) is 13.2 Å². The molecule has 31 heavy (non-hydrogen) atoms. The van der Waals surface area contributed by atoms with Crippen LogP contribution in [0, 0.1) is 0 Å². The van der Waals surface area contributed by atoms with E-state index >= 15 is 0 Å². The fraction of sp³-hybridized carbons (Fsp3) is 0.0952. The third-order valence-electron chi connectivity index (χ3n) is 4.34. The molecular formula is C21H13Cl2F3N4S. The predicted octanol–water partition coefficient (Wildman–Crippen LogP) is 6.95. The molecule has 2 aromatic heterocycles. The molecule has 0 saturated carbocycles. The number of hydrogen-bond acceptors (Lipinski definition) is 4. The van der Waals surface area contributed by atoms with Crippen molar-refractivity contribution < 1.29 is 13.2 Å². The number of nitrogens with zero attached hydrogens (tertiary/aromatic N) is 4. The van der Waals surface area contributed by atoms with Crippen molar-refractivity contribution >= 4 is 35.0 Å². The average Bonchev–Trinajstić information content (AvgIpc) is 3.18. The van der Waals surface area contributed by atoms with Crippen LogP contribution >= 0.6 is 35.0 Å². The van der Waals surface area contributed by atoms with Crippen LogP contribution in [0.15, 0.2) is 72.1 Å². The van der Waals surface area contributed by atoms with Crippen LogP contribution in [0.1, 0.15) is 11.1 Å². The smallest absolute Gasteiger partial charge is 0.270 e. The molecule has 4 nitrogen and oxygen atoms in total. The van der Waals surface area contributed by atoms with E-state index < -0.39 is 11.7 Å². The van der Waals surface area contributed by atoms with Gasteiger partial charge in [-0.05, 0) is 42.0 Å². The maximum Gasteiger partial charge on any atom is 0.416 e. The van der Waals surface area contributed by atoms with Crippen molar-refractivity contribution in [2.45, 2.75) is 17.1 Å². The van der Waals surface area contributed by atoms with Crippen molar-refractivity contribution in [3.05, 3.63) is 88.2 Å². The van der Waals surface area contributed by atoms with Crippen molar-refractivity contribution in [1.82, 2.24) is 19.7 Å². The molecule has 2 aromatic carbocycles. The van der Waals surface area contributed by atoms with E-state index in [-0.39, 0.29) is 5.75 Å². The van der Waals surface area contributed by atoms with Crippen LogP contribution in [0.25, 0.3) is 17.1 Å². The molecule has 0 fully saturated rings. The SMILES string of the molecule is FC(F)(F)c1cccc(CSc2nnc(-c3cccnc3)n2-c2ccc(Cl)c(Cl)c2)c1. The minimum absolute atomic E-state index is 0.274. The highest BCUT2D eigenvalue weighted by atomic mass is 35.5. The number of hydrogen-bond donors (Lipinski definition) is 0. The second-order valence-corrected chi connectivity index (χ2v) is 8.23. The summed E-state index contributed by atoms with van der Waals surface area (Å²) in [6.07, 6.45) is -1.10. The summed E-state index contributed by atoms with van der Waals surface area (Å²) in [4.78, 5) is 4.12. The monoisotopic (exact) mass is 480 g/mol. The van der Waals surface area contributed by atoms with Gasteiger partial charge in [0.2, 0.25) is 0 Å². The Morgan fingerprint density at radius 2 is 1.77 bits per heavy atom.